The van der Waals surface area contributed by atoms with Crippen molar-refractivity contribution in [2.45, 2.75) is 12.8 Å². The molecule has 4 rings (SSSR count). The van der Waals surface area contributed by atoms with E-state index in [1.165, 1.54) is 7.11 Å². The zero-order valence-corrected chi connectivity index (χ0v) is 21.4. The summed E-state index contributed by atoms with van der Waals surface area (Å²) in [6.07, 6.45) is 0. The van der Waals surface area contributed by atoms with Gasteiger partial charge in [-0.2, -0.15) is 0 Å². The summed E-state index contributed by atoms with van der Waals surface area (Å²) in [6, 6.07) is 22.0. The van der Waals surface area contributed by atoms with Crippen LogP contribution in [0.3, 0.4) is 0 Å². The Morgan fingerprint density at radius 1 is 0.973 bits per heavy atom. The molecule has 0 fully saturated rings. The van der Waals surface area contributed by atoms with E-state index in [0.29, 0.717) is 35.7 Å². The van der Waals surface area contributed by atoms with Crippen LogP contribution in [0.15, 0.2) is 77.8 Å². The van der Waals surface area contributed by atoms with Gasteiger partial charge in [0, 0.05) is 17.9 Å². The van der Waals surface area contributed by atoms with Crippen molar-refractivity contribution in [3.8, 4) is 0 Å². The molecule has 3 aromatic rings. The zero-order valence-electron chi connectivity index (χ0n) is 21.4. The molecule has 37 heavy (non-hydrogen) atoms. The zero-order chi connectivity index (χ0) is 26.5. The number of nitrogens with one attached hydrogen (secondary N) is 1. The minimum Gasteiger partial charge on any atom is -0.465 e. The van der Waals surface area contributed by atoms with Gasteiger partial charge < -0.3 is 19.9 Å². The van der Waals surface area contributed by atoms with Gasteiger partial charge in [0.1, 0.15) is 5.92 Å². The standard InChI is InChI=1S/C29H30N4O4/c1-5-33(25(34)18-32(2)3)22-14-12-21(13-15-22)30-27(19-9-7-6-8-10-19)26-23-16-11-20(29(36)37-4)17-24(23)31-28(26)35/h6-17,26H,5,18H2,1-4H3,(H,31,35). The maximum atomic E-state index is 13.2. The summed E-state index contributed by atoms with van der Waals surface area (Å²) in [6.45, 7) is 2.81. The average Bonchev–Trinajstić information content (AvgIpc) is 3.22. The van der Waals surface area contributed by atoms with Gasteiger partial charge in [0.2, 0.25) is 11.8 Å². The number of benzene rings is 3. The number of likely N-dealkylation sites (N-methyl/N-ethyl adjacent to an activating group) is 2. The summed E-state index contributed by atoms with van der Waals surface area (Å²) in [5.74, 6) is -1.33. The molecule has 0 aromatic heterocycles. The number of carbonyl (C=O) groups is 3. The van der Waals surface area contributed by atoms with Crippen LogP contribution >= 0.6 is 0 Å². The molecule has 0 radical (unpaired) electrons. The van der Waals surface area contributed by atoms with Crippen molar-refractivity contribution in [2.24, 2.45) is 4.99 Å². The van der Waals surface area contributed by atoms with Crippen LogP contribution < -0.4 is 10.2 Å². The van der Waals surface area contributed by atoms with Crippen molar-refractivity contribution in [1.29, 1.82) is 0 Å². The normalized spacial score (nSPS) is 14.8. The van der Waals surface area contributed by atoms with E-state index in [0.717, 1.165) is 16.8 Å². The Balaban J connectivity index is 1.72. The lowest BCUT2D eigenvalue weighted by molar-refractivity contribution is -0.119. The smallest absolute Gasteiger partial charge is 0.337 e. The van der Waals surface area contributed by atoms with Crippen LogP contribution in [0.25, 0.3) is 0 Å². The van der Waals surface area contributed by atoms with Crippen molar-refractivity contribution in [1.82, 2.24) is 4.90 Å². The number of rotatable bonds is 8. The lowest BCUT2D eigenvalue weighted by Crippen LogP contribution is -2.37. The number of esters is 1. The second-order valence-corrected chi connectivity index (χ2v) is 8.97. The van der Waals surface area contributed by atoms with Crippen LogP contribution in [0.5, 0.6) is 0 Å². The number of ether oxygens (including phenoxy) is 1. The van der Waals surface area contributed by atoms with Crippen LogP contribution in [0.2, 0.25) is 0 Å². The first-order valence-corrected chi connectivity index (χ1v) is 12.0. The molecule has 3 aromatic carbocycles. The molecule has 1 unspecified atom stereocenters. The fourth-order valence-corrected chi connectivity index (χ4v) is 4.39. The van der Waals surface area contributed by atoms with E-state index in [-0.39, 0.29) is 11.8 Å². The number of amides is 2. The first kappa shape index (κ1) is 25.8. The number of hydrogen-bond acceptors (Lipinski definition) is 6. The Hall–Kier alpha value is -4.30. The summed E-state index contributed by atoms with van der Waals surface area (Å²) < 4.78 is 4.81. The number of anilines is 2. The Kier molecular flexibility index (Phi) is 7.79. The molecule has 1 aliphatic rings. The number of fused-ring (bicyclic) bond motifs is 1. The van der Waals surface area contributed by atoms with Crippen molar-refractivity contribution in [3.05, 3.63) is 89.5 Å². The highest BCUT2D eigenvalue weighted by Crippen LogP contribution is 2.37. The highest BCUT2D eigenvalue weighted by molar-refractivity contribution is 6.24. The Labute approximate surface area is 216 Å². The van der Waals surface area contributed by atoms with Crippen LogP contribution in [-0.2, 0) is 14.3 Å². The van der Waals surface area contributed by atoms with Crippen molar-refractivity contribution < 1.29 is 19.1 Å². The monoisotopic (exact) mass is 498 g/mol. The SMILES string of the molecule is CCN(C(=O)CN(C)C)c1ccc(N=C(c2ccccc2)C2C(=O)Nc3cc(C(=O)OC)ccc32)cc1. The van der Waals surface area contributed by atoms with Gasteiger partial charge in [-0.15, -0.1) is 0 Å². The minimum absolute atomic E-state index is 0.0132. The summed E-state index contributed by atoms with van der Waals surface area (Å²) in [5, 5.41) is 2.89. The molecule has 0 saturated heterocycles. The number of nitrogens with zero attached hydrogens (tertiary/aromatic N) is 3. The minimum atomic E-state index is -0.655. The molecule has 1 N–H and O–H groups in total. The predicted molar refractivity (Wildman–Crippen MR) is 145 cm³/mol. The topological polar surface area (TPSA) is 91.3 Å². The molecular weight excluding hydrogens is 468 g/mol. The Morgan fingerprint density at radius 3 is 2.30 bits per heavy atom. The van der Waals surface area contributed by atoms with E-state index >= 15 is 0 Å². The fraction of sp³-hybridized carbons (Fsp3) is 0.241. The van der Waals surface area contributed by atoms with Crippen molar-refractivity contribution >= 4 is 40.6 Å². The molecule has 0 spiro atoms. The van der Waals surface area contributed by atoms with Gasteiger partial charge in [-0.05, 0) is 68.5 Å². The van der Waals surface area contributed by atoms with Crippen molar-refractivity contribution in [2.75, 3.05) is 44.5 Å². The molecule has 0 aliphatic carbocycles. The molecule has 1 atom stereocenters. The van der Waals surface area contributed by atoms with E-state index in [4.69, 9.17) is 9.73 Å². The molecule has 2 amide bonds. The average molecular weight is 499 g/mol. The summed E-state index contributed by atoms with van der Waals surface area (Å²) >= 11 is 0. The molecule has 190 valence electrons. The maximum Gasteiger partial charge on any atom is 0.337 e. The summed E-state index contributed by atoms with van der Waals surface area (Å²) in [7, 11) is 5.05. The number of carbonyl (C=O) groups excluding carboxylic acids is 3. The van der Waals surface area contributed by atoms with Gasteiger partial charge in [0.25, 0.3) is 0 Å². The van der Waals surface area contributed by atoms with Gasteiger partial charge in [-0.25, -0.2) is 4.79 Å². The number of methoxy groups -OCH3 is 1. The maximum absolute atomic E-state index is 13.2. The lowest BCUT2D eigenvalue weighted by Gasteiger charge is -2.23. The fourth-order valence-electron chi connectivity index (χ4n) is 4.39. The van der Waals surface area contributed by atoms with Crippen LogP contribution in [-0.4, -0.2) is 62.7 Å². The quantitative estimate of drug-likeness (QED) is 0.371. The summed E-state index contributed by atoms with van der Waals surface area (Å²) in [5.41, 5.74) is 4.51. The van der Waals surface area contributed by atoms with Crippen LogP contribution in [0.1, 0.15) is 34.3 Å². The molecular formula is C29H30N4O4. The predicted octanol–water partition coefficient (Wildman–Crippen LogP) is 4.24. The second-order valence-electron chi connectivity index (χ2n) is 8.97. The molecule has 1 heterocycles. The van der Waals surface area contributed by atoms with Crippen LogP contribution in [0.4, 0.5) is 17.1 Å². The van der Waals surface area contributed by atoms with Gasteiger partial charge in [0.05, 0.1) is 30.6 Å². The van der Waals surface area contributed by atoms with E-state index < -0.39 is 11.9 Å². The van der Waals surface area contributed by atoms with Crippen LogP contribution in [0, 0.1) is 0 Å². The molecule has 8 heteroatoms. The molecule has 0 bridgehead atoms. The number of aliphatic imine (C=N–C) groups is 1. The van der Waals surface area contributed by atoms with Crippen molar-refractivity contribution in [3.63, 3.8) is 0 Å². The molecule has 8 nitrogen and oxygen atoms in total. The van der Waals surface area contributed by atoms with E-state index in [1.807, 2.05) is 80.5 Å². The largest absolute Gasteiger partial charge is 0.465 e. The highest BCUT2D eigenvalue weighted by atomic mass is 16.5. The summed E-state index contributed by atoms with van der Waals surface area (Å²) in [4.78, 5) is 46.3. The second kappa shape index (κ2) is 11.2. The van der Waals surface area contributed by atoms with Gasteiger partial charge in [0.15, 0.2) is 0 Å². The van der Waals surface area contributed by atoms with Gasteiger partial charge in [-0.3, -0.25) is 14.6 Å². The Bertz CT molecular complexity index is 1330. The lowest BCUT2D eigenvalue weighted by atomic mass is 9.90. The van der Waals surface area contributed by atoms with Gasteiger partial charge in [-0.1, -0.05) is 36.4 Å². The highest BCUT2D eigenvalue weighted by Gasteiger charge is 2.36. The third kappa shape index (κ3) is 5.59. The molecule has 1 aliphatic heterocycles. The van der Waals surface area contributed by atoms with E-state index in [1.54, 1.807) is 23.1 Å². The van der Waals surface area contributed by atoms with E-state index in [2.05, 4.69) is 5.32 Å². The Morgan fingerprint density at radius 2 is 1.68 bits per heavy atom. The third-order valence-corrected chi connectivity index (χ3v) is 6.13. The van der Waals surface area contributed by atoms with E-state index in [9.17, 15) is 14.4 Å². The third-order valence-electron chi connectivity index (χ3n) is 6.13. The van der Waals surface area contributed by atoms with Gasteiger partial charge >= 0.3 is 5.97 Å². The first-order valence-electron chi connectivity index (χ1n) is 12.0. The first-order chi connectivity index (χ1) is 17.8. The number of hydrogen-bond donors (Lipinski definition) is 1. The molecule has 0 saturated carbocycles.